The lowest BCUT2D eigenvalue weighted by Crippen LogP contribution is -2.34. The van der Waals surface area contributed by atoms with E-state index in [0.29, 0.717) is 15.7 Å². The molecule has 0 bridgehead atoms. The standard InChI is InChI=1S/C10H17N3O2S/c1-5(2)7(14)4-12-9(15)8-6(3)13-10(11)16-8/h5,7,14H,4H2,1-3H3,(H2,11,13)(H,12,15). The SMILES string of the molecule is Cc1nc(N)sc1C(=O)NCC(O)C(C)C. The average Bonchev–Trinajstić information content (AvgIpc) is 2.53. The van der Waals surface area contributed by atoms with Gasteiger partial charge in [0.2, 0.25) is 0 Å². The molecule has 0 aliphatic heterocycles. The van der Waals surface area contributed by atoms with Crippen molar-refractivity contribution in [3.63, 3.8) is 0 Å². The van der Waals surface area contributed by atoms with Gasteiger partial charge in [0.25, 0.3) is 5.91 Å². The quantitative estimate of drug-likeness (QED) is 0.729. The Kier molecular flexibility index (Phi) is 4.26. The topological polar surface area (TPSA) is 88.2 Å². The molecule has 0 aliphatic carbocycles. The molecule has 1 rings (SSSR count). The number of carbonyl (C=O) groups excluding carboxylic acids is 1. The Morgan fingerprint density at radius 1 is 1.62 bits per heavy atom. The molecule has 0 saturated carbocycles. The number of aliphatic hydroxyl groups excluding tert-OH is 1. The van der Waals surface area contributed by atoms with Crippen molar-refractivity contribution in [3.8, 4) is 0 Å². The molecule has 0 aliphatic rings. The Hall–Kier alpha value is -1.14. The number of aryl methyl sites for hydroxylation is 1. The molecule has 0 radical (unpaired) electrons. The lowest BCUT2D eigenvalue weighted by atomic mass is 10.1. The first-order valence-corrected chi connectivity index (χ1v) is 5.92. The Labute approximate surface area is 98.7 Å². The highest BCUT2D eigenvalue weighted by Gasteiger charge is 2.16. The third kappa shape index (κ3) is 3.18. The van der Waals surface area contributed by atoms with Crippen molar-refractivity contribution in [3.05, 3.63) is 10.6 Å². The Balaban J connectivity index is 2.56. The Bertz CT molecular complexity index is 376. The van der Waals surface area contributed by atoms with Crippen LogP contribution in [0.2, 0.25) is 0 Å². The molecule has 6 heteroatoms. The number of amides is 1. The van der Waals surface area contributed by atoms with E-state index in [1.54, 1.807) is 6.92 Å². The lowest BCUT2D eigenvalue weighted by molar-refractivity contribution is 0.0874. The minimum atomic E-state index is -0.533. The number of anilines is 1. The summed E-state index contributed by atoms with van der Waals surface area (Å²) >= 11 is 1.16. The van der Waals surface area contributed by atoms with Crippen molar-refractivity contribution in [2.75, 3.05) is 12.3 Å². The maximum atomic E-state index is 11.7. The highest BCUT2D eigenvalue weighted by molar-refractivity contribution is 7.17. The summed E-state index contributed by atoms with van der Waals surface area (Å²) in [5.41, 5.74) is 6.12. The highest BCUT2D eigenvalue weighted by atomic mass is 32.1. The van der Waals surface area contributed by atoms with E-state index in [2.05, 4.69) is 10.3 Å². The highest BCUT2D eigenvalue weighted by Crippen LogP contribution is 2.19. The second-order valence-corrected chi connectivity index (χ2v) is 5.02. The van der Waals surface area contributed by atoms with Gasteiger partial charge in [0, 0.05) is 6.54 Å². The first-order valence-electron chi connectivity index (χ1n) is 5.11. The van der Waals surface area contributed by atoms with Gasteiger partial charge in [-0.2, -0.15) is 0 Å². The number of nitrogens with zero attached hydrogens (tertiary/aromatic N) is 1. The predicted molar refractivity (Wildman–Crippen MR) is 64.4 cm³/mol. The van der Waals surface area contributed by atoms with Gasteiger partial charge in [-0.15, -0.1) is 0 Å². The van der Waals surface area contributed by atoms with Crippen LogP contribution in [0.15, 0.2) is 0 Å². The molecule has 1 unspecified atom stereocenters. The molecule has 1 amide bonds. The summed E-state index contributed by atoms with van der Waals surface area (Å²) in [6, 6.07) is 0. The van der Waals surface area contributed by atoms with Crippen LogP contribution in [0.3, 0.4) is 0 Å². The van der Waals surface area contributed by atoms with Gasteiger partial charge in [0.1, 0.15) is 4.88 Å². The van der Waals surface area contributed by atoms with Crippen molar-refractivity contribution in [1.82, 2.24) is 10.3 Å². The van der Waals surface area contributed by atoms with Gasteiger partial charge in [-0.1, -0.05) is 25.2 Å². The number of nitrogens with one attached hydrogen (secondary N) is 1. The third-order valence-corrected chi connectivity index (χ3v) is 3.25. The number of hydrogen-bond donors (Lipinski definition) is 3. The molecule has 4 N–H and O–H groups in total. The van der Waals surface area contributed by atoms with E-state index in [4.69, 9.17) is 5.73 Å². The first kappa shape index (κ1) is 12.9. The minimum absolute atomic E-state index is 0.118. The summed E-state index contributed by atoms with van der Waals surface area (Å²) in [6.45, 7) is 5.77. The van der Waals surface area contributed by atoms with Crippen LogP contribution < -0.4 is 11.1 Å². The van der Waals surface area contributed by atoms with Gasteiger partial charge in [-0.25, -0.2) is 4.98 Å². The molecule has 1 atom stereocenters. The normalized spacial score (nSPS) is 12.8. The van der Waals surface area contributed by atoms with Gasteiger partial charge in [-0.3, -0.25) is 4.79 Å². The summed E-state index contributed by atoms with van der Waals surface area (Å²) in [5, 5.41) is 12.6. The number of aromatic nitrogens is 1. The minimum Gasteiger partial charge on any atom is -0.391 e. The fourth-order valence-electron chi connectivity index (χ4n) is 1.14. The smallest absolute Gasteiger partial charge is 0.263 e. The van der Waals surface area contributed by atoms with E-state index in [1.807, 2.05) is 13.8 Å². The summed E-state index contributed by atoms with van der Waals surface area (Å²) in [7, 11) is 0. The van der Waals surface area contributed by atoms with Crippen LogP contribution in [0.4, 0.5) is 5.13 Å². The van der Waals surface area contributed by atoms with Gasteiger partial charge in [0.15, 0.2) is 5.13 Å². The van der Waals surface area contributed by atoms with Crippen molar-refractivity contribution < 1.29 is 9.90 Å². The zero-order chi connectivity index (χ0) is 12.3. The number of rotatable bonds is 4. The molecule has 0 spiro atoms. The fourth-order valence-corrected chi connectivity index (χ4v) is 1.89. The first-order chi connectivity index (χ1) is 7.41. The van der Waals surface area contributed by atoms with Crippen LogP contribution in [-0.4, -0.2) is 28.6 Å². The molecule has 0 saturated heterocycles. The number of nitrogens with two attached hydrogens (primary N) is 1. The molecular weight excluding hydrogens is 226 g/mol. The molecule has 1 aromatic heterocycles. The summed E-state index contributed by atoms with van der Waals surface area (Å²) in [6.07, 6.45) is -0.533. The molecule has 0 aromatic carbocycles. The molecule has 0 fully saturated rings. The van der Waals surface area contributed by atoms with E-state index in [1.165, 1.54) is 0 Å². The van der Waals surface area contributed by atoms with Crippen LogP contribution in [0.1, 0.15) is 29.2 Å². The molecule has 90 valence electrons. The number of aliphatic hydroxyl groups is 1. The fraction of sp³-hybridized carbons (Fsp3) is 0.600. The maximum absolute atomic E-state index is 11.7. The number of carbonyl (C=O) groups is 1. The zero-order valence-electron chi connectivity index (χ0n) is 9.65. The van der Waals surface area contributed by atoms with Crippen LogP contribution in [0.5, 0.6) is 0 Å². The monoisotopic (exact) mass is 243 g/mol. The summed E-state index contributed by atoms with van der Waals surface area (Å²) in [5.74, 6) is -0.112. The molecule has 1 heterocycles. The lowest BCUT2D eigenvalue weighted by Gasteiger charge is -2.14. The Morgan fingerprint density at radius 2 is 2.25 bits per heavy atom. The molecule has 16 heavy (non-hydrogen) atoms. The number of thiazole rings is 1. The molecule has 1 aromatic rings. The second kappa shape index (κ2) is 5.27. The average molecular weight is 243 g/mol. The van der Waals surface area contributed by atoms with E-state index < -0.39 is 6.10 Å². The predicted octanol–water partition coefficient (Wildman–Crippen LogP) is 0.780. The van der Waals surface area contributed by atoms with Crippen molar-refractivity contribution >= 4 is 22.4 Å². The maximum Gasteiger partial charge on any atom is 0.263 e. The van der Waals surface area contributed by atoms with Crippen molar-refractivity contribution in [2.24, 2.45) is 5.92 Å². The second-order valence-electron chi connectivity index (χ2n) is 3.99. The van der Waals surface area contributed by atoms with E-state index in [9.17, 15) is 9.90 Å². The molecule has 5 nitrogen and oxygen atoms in total. The van der Waals surface area contributed by atoms with Crippen molar-refractivity contribution in [2.45, 2.75) is 26.9 Å². The van der Waals surface area contributed by atoms with Crippen LogP contribution in [0, 0.1) is 12.8 Å². The van der Waals surface area contributed by atoms with Gasteiger partial charge >= 0.3 is 0 Å². The summed E-state index contributed by atoms with van der Waals surface area (Å²) < 4.78 is 0. The Morgan fingerprint density at radius 3 is 2.69 bits per heavy atom. The third-order valence-electron chi connectivity index (χ3n) is 2.26. The van der Waals surface area contributed by atoms with Crippen LogP contribution in [0.25, 0.3) is 0 Å². The van der Waals surface area contributed by atoms with Crippen LogP contribution in [-0.2, 0) is 0 Å². The molecular formula is C10H17N3O2S. The zero-order valence-corrected chi connectivity index (χ0v) is 10.5. The van der Waals surface area contributed by atoms with E-state index >= 15 is 0 Å². The van der Waals surface area contributed by atoms with Gasteiger partial charge < -0.3 is 16.2 Å². The number of hydrogen-bond acceptors (Lipinski definition) is 5. The van der Waals surface area contributed by atoms with Crippen LogP contribution >= 0.6 is 11.3 Å². The van der Waals surface area contributed by atoms with Gasteiger partial charge in [-0.05, 0) is 12.8 Å². The summed E-state index contributed by atoms with van der Waals surface area (Å²) in [4.78, 5) is 16.2. The number of nitrogen functional groups attached to an aromatic ring is 1. The van der Waals surface area contributed by atoms with Gasteiger partial charge in [0.05, 0.1) is 11.8 Å². The largest absolute Gasteiger partial charge is 0.391 e. The van der Waals surface area contributed by atoms with Crippen molar-refractivity contribution in [1.29, 1.82) is 0 Å². The van der Waals surface area contributed by atoms with E-state index in [0.717, 1.165) is 11.3 Å². The van der Waals surface area contributed by atoms with E-state index in [-0.39, 0.29) is 18.4 Å².